The number of anilines is 2. The molecular formula is C13H9BrCl2N2S. The molecule has 0 amide bonds. The summed E-state index contributed by atoms with van der Waals surface area (Å²) in [5.74, 6) is 0. The van der Waals surface area contributed by atoms with Gasteiger partial charge in [-0.15, -0.1) is 0 Å². The lowest BCUT2D eigenvalue weighted by atomic mass is 10.3. The Morgan fingerprint density at radius 1 is 0.947 bits per heavy atom. The van der Waals surface area contributed by atoms with Crippen molar-refractivity contribution in [3.05, 3.63) is 57.0 Å². The minimum atomic E-state index is 0.428. The summed E-state index contributed by atoms with van der Waals surface area (Å²) < 4.78 is 1.01. The second-order valence-electron chi connectivity index (χ2n) is 3.68. The quantitative estimate of drug-likeness (QED) is 0.671. The fourth-order valence-electron chi connectivity index (χ4n) is 1.43. The Morgan fingerprint density at radius 3 is 2.11 bits per heavy atom. The van der Waals surface area contributed by atoms with Crippen LogP contribution in [0, 0.1) is 0 Å². The van der Waals surface area contributed by atoms with Crippen molar-refractivity contribution < 1.29 is 0 Å². The van der Waals surface area contributed by atoms with E-state index in [9.17, 15) is 0 Å². The normalized spacial score (nSPS) is 10.1. The smallest absolute Gasteiger partial charge is 0.175 e. The molecule has 0 spiro atoms. The zero-order valence-corrected chi connectivity index (χ0v) is 13.5. The van der Waals surface area contributed by atoms with Crippen molar-refractivity contribution in [3.8, 4) is 0 Å². The van der Waals surface area contributed by atoms with E-state index in [0.717, 1.165) is 10.2 Å². The van der Waals surface area contributed by atoms with E-state index in [1.165, 1.54) is 0 Å². The Labute approximate surface area is 135 Å². The number of halogens is 3. The van der Waals surface area contributed by atoms with Crippen LogP contribution in [0.3, 0.4) is 0 Å². The maximum absolute atomic E-state index is 6.06. The molecular weight excluding hydrogens is 367 g/mol. The van der Waals surface area contributed by atoms with Gasteiger partial charge in [-0.1, -0.05) is 45.2 Å². The molecule has 98 valence electrons. The van der Waals surface area contributed by atoms with Gasteiger partial charge in [0, 0.05) is 10.2 Å². The van der Waals surface area contributed by atoms with Crippen LogP contribution < -0.4 is 10.6 Å². The van der Waals surface area contributed by atoms with Gasteiger partial charge in [0.25, 0.3) is 0 Å². The summed E-state index contributed by atoms with van der Waals surface area (Å²) in [6.45, 7) is 0. The molecule has 0 fully saturated rings. The molecule has 0 aliphatic rings. The standard InChI is InChI=1S/C13H9BrCl2N2S/c14-8-4-6-9(7-5-8)17-13(19)18-12-10(15)2-1-3-11(12)16/h1-7H,(H2,17,18,19). The summed E-state index contributed by atoms with van der Waals surface area (Å²) in [7, 11) is 0. The molecule has 0 bridgehead atoms. The Kier molecular flexibility index (Phi) is 5.05. The van der Waals surface area contributed by atoms with E-state index in [4.69, 9.17) is 35.4 Å². The number of nitrogens with one attached hydrogen (secondary N) is 2. The third-order valence-corrected chi connectivity index (χ3v) is 3.67. The number of thiocarbonyl (C=S) groups is 1. The van der Waals surface area contributed by atoms with Crippen LogP contribution in [0.1, 0.15) is 0 Å². The zero-order chi connectivity index (χ0) is 13.8. The second-order valence-corrected chi connectivity index (χ2v) is 5.82. The van der Waals surface area contributed by atoms with Crippen LogP contribution in [0.4, 0.5) is 11.4 Å². The first kappa shape index (κ1) is 14.6. The molecule has 2 N–H and O–H groups in total. The molecule has 2 aromatic carbocycles. The van der Waals surface area contributed by atoms with Gasteiger partial charge in [-0.05, 0) is 48.6 Å². The van der Waals surface area contributed by atoms with E-state index < -0.39 is 0 Å². The Bertz CT molecular complexity index is 582. The summed E-state index contributed by atoms with van der Waals surface area (Å²) in [4.78, 5) is 0. The predicted molar refractivity (Wildman–Crippen MR) is 90.4 cm³/mol. The van der Waals surface area contributed by atoms with Crippen LogP contribution in [0.5, 0.6) is 0 Å². The second kappa shape index (κ2) is 6.57. The minimum Gasteiger partial charge on any atom is -0.332 e. The van der Waals surface area contributed by atoms with Gasteiger partial charge in [-0.2, -0.15) is 0 Å². The van der Waals surface area contributed by atoms with Gasteiger partial charge in [-0.25, -0.2) is 0 Å². The van der Waals surface area contributed by atoms with Crippen LogP contribution in [0.15, 0.2) is 46.9 Å². The average molecular weight is 376 g/mol. The molecule has 0 saturated carbocycles. The lowest BCUT2D eigenvalue weighted by Crippen LogP contribution is -2.19. The molecule has 0 unspecified atom stereocenters. The summed E-state index contributed by atoms with van der Waals surface area (Å²) in [6, 6.07) is 12.9. The number of rotatable bonds is 2. The summed E-state index contributed by atoms with van der Waals surface area (Å²) in [6.07, 6.45) is 0. The lowest BCUT2D eigenvalue weighted by Gasteiger charge is -2.13. The highest BCUT2D eigenvalue weighted by molar-refractivity contribution is 9.10. The lowest BCUT2D eigenvalue weighted by molar-refractivity contribution is 1.58. The van der Waals surface area contributed by atoms with Crippen LogP contribution >= 0.6 is 51.3 Å². The van der Waals surface area contributed by atoms with Crippen LogP contribution in [-0.4, -0.2) is 5.11 Å². The molecule has 0 saturated heterocycles. The number of hydrogen-bond acceptors (Lipinski definition) is 1. The number of para-hydroxylation sites is 1. The maximum Gasteiger partial charge on any atom is 0.175 e. The molecule has 6 heteroatoms. The molecule has 0 radical (unpaired) electrons. The van der Waals surface area contributed by atoms with E-state index in [1.807, 2.05) is 24.3 Å². The molecule has 0 aliphatic carbocycles. The molecule has 2 aromatic rings. The molecule has 19 heavy (non-hydrogen) atoms. The molecule has 0 aromatic heterocycles. The summed E-state index contributed by atoms with van der Waals surface area (Å²) >= 11 is 20.7. The van der Waals surface area contributed by atoms with Crippen molar-refractivity contribution in [2.24, 2.45) is 0 Å². The zero-order valence-electron chi connectivity index (χ0n) is 9.58. The van der Waals surface area contributed by atoms with Crippen LogP contribution in [-0.2, 0) is 0 Å². The van der Waals surface area contributed by atoms with Crippen molar-refractivity contribution >= 4 is 67.8 Å². The molecule has 2 nitrogen and oxygen atoms in total. The van der Waals surface area contributed by atoms with Gasteiger partial charge >= 0.3 is 0 Å². The first-order chi connectivity index (χ1) is 9.06. The van der Waals surface area contributed by atoms with E-state index >= 15 is 0 Å². The minimum absolute atomic E-state index is 0.428. The largest absolute Gasteiger partial charge is 0.332 e. The highest BCUT2D eigenvalue weighted by Crippen LogP contribution is 2.29. The summed E-state index contributed by atoms with van der Waals surface area (Å²) in [5.41, 5.74) is 1.48. The Hall–Kier alpha value is -0.810. The highest BCUT2D eigenvalue weighted by atomic mass is 79.9. The van der Waals surface area contributed by atoms with E-state index in [-0.39, 0.29) is 0 Å². The van der Waals surface area contributed by atoms with E-state index in [0.29, 0.717) is 20.8 Å². The topological polar surface area (TPSA) is 24.1 Å². The third kappa shape index (κ3) is 4.08. The number of benzene rings is 2. The van der Waals surface area contributed by atoms with Gasteiger partial charge in [0.2, 0.25) is 0 Å². The van der Waals surface area contributed by atoms with Gasteiger partial charge in [0.15, 0.2) is 5.11 Å². The molecule has 0 atom stereocenters. The van der Waals surface area contributed by atoms with Crippen molar-refractivity contribution in [1.29, 1.82) is 0 Å². The Balaban J connectivity index is 2.07. The van der Waals surface area contributed by atoms with Crippen LogP contribution in [0.25, 0.3) is 0 Å². The highest BCUT2D eigenvalue weighted by Gasteiger charge is 2.07. The fourth-order valence-corrected chi connectivity index (χ4v) is 2.40. The van der Waals surface area contributed by atoms with Gasteiger partial charge < -0.3 is 10.6 Å². The third-order valence-electron chi connectivity index (χ3n) is 2.30. The first-order valence-corrected chi connectivity index (χ1v) is 7.29. The van der Waals surface area contributed by atoms with E-state index in [1.54, 1.807) is 18.2 Å². The number of hydrogen-bond donors (Lipinski definition) is 2. The molecule has 0 aliphatic heterocycles. The summed E-state index contributed by atoms with van der Waals surface area (Å²) in [5, 5.41) is 7.51. The average Bonchev–Trinajstić information content (AvgIpc) is 2.37. The fraction of sp³-hybridized carbons (Fsp3) is 0. The SMILES string of the molecule is S=C(Nc1ccc(Br)cc1)Nc1c(Cl)cccc1Cl. The van der Waals surface area contributed by atoms with Crippen molar-refractivity contribution in [3.63, 3.8) is 0 Å². The Morgan fingerprint density at radius 2 is 1.53 bits per heavy atom. The predicted octanol–water partition coefficient (Wildman–Crippen LogP) is 5.56. The van der Waals surface area contributed by atoms with Gasteiger partial charge in [0.05, 0.1) is 15.7 Å². The molecule has 0 heterocycles. The van der Waals surface area contributed by atoms with E-state index in [2.05, 4.69) is 26.6 Å². The van der Waals surface area contributed by atoms with Crippen LogP contribution in [0.2, 0.25) is 10.0 Å². The van der Waals surface area contributed by atoms with Gasteiger partial charge in [0.1, 0.15) is 0 Å². The van der Waals surface area contributed by atoms with Crippen molar-refractivity contribution in [2.45, 2.75) is 0 Å². The monoisotopic (exact) mass is 374 g/mol. The maximum atomic E-state index is 6.06. The van der Waals surface area contributed by atoms with Crippen molar-refractivity contribution in [2.75, 3.05) is 10.6 Å². The van der Waals surface area contributed by atoms with Gasteiger partial charge in [-0.3, -0.25) is 0 Å². The first-order valence-electron chi connectivity index (χ1n) is 5.34. The van der Waals surface area contributed by atoms with Crippen molar-refractivity contribution in [1.82, 2.24) is 0 Å². The molecule has 2 rings (SSSR count).